The van der Waals surface area contributed by atoms with Crippen molar-refractivity contribution in [1.29, 1.82) is 0 Å². The van der Waals surface area contributed by atoms with Gasteiger partial charge < -0.3 is 9.47 Å². The van der Waals surface area contributed by atoms with E-state index in [1.807, 2.05) is 25.1 Å². The highest BCUT2D eigenvalue weighted by Gasteiger charge is 2.23. The number of benzene rings is 2. The highest BCUT2D eigenvalue weighted by Crippen LogP contribution is 2.39. The summed E-state index contributed by atoms with van der Waals surface area (Å²) in [4.78, 5) is 11.9. The Morgan fingerprint density at radius 2 is 1.65 bits per heavy atom. The van der Waals surface area contributed by atoms with Gasteiger partial charge in [0.1, 0.15) is 11.3 Å². The Kier molecular flexibility index (Phi) is 2.11. The number of aryl methyl sites for hydroxylation is 1. The highest BCUT2D eigenvalue weighted by molar-refractivity contribution is 5.95. The van der Waals surface area contributed by atoms with Crippen LogP contribution in [0.4, 0.5) is 0 Å². The molecular formula is C14H10O3. The minimum atomic E-state index is -0.381. The van der Waals surface area contributed by atoms with Gasteiger partial charge in [-0.25, -0.2) is 4.79 Å². The SMILES string of the molecule is Cc1cccc2c1OC(=O)c1ccccc1O2. The lowest BCUT2D eigenvalue weighted by Crippen LogP contribution is -2.07. The van der Waals surface area contributed by atoms with Gasteiger partial charge in [0.15, 0.2) is 11.5 Å². The van der Waals surface area contributed by atoms with Crippen molar-refractivity contribution < 1.29 is 14.3 Å². The largest absolute Gasteiger partial charge is 0.453 e. The van der Waals surface area contributed by atoms with E-state index in [1.165, 1.54) is 0 Å². The monoisotopic (exact) mass is 226 g/mol. The van der Waals surface area contributed by atoms with Gasteiger partial charge in [0.2, 0.25) is 0 Å². The number of rotatable bonds is 0. The van der Waals surface area contributed by atoms with Crippen LogP contribution in [-0.2, 0) is 0 Å². The lowest BCUT2D eigenvalue weighted by atomic mass is 10.2. The van der Waals surface area contributed by atoms with Crippen LogP contribution in [0.25, 0.3) is 0 Å². The molecule has 0 spiro atoms. The molecule has 0 aliphatic carbocycles. The van der Waals surface area contributed by atoms with Gasteiger partial charge in [0.25, 0.3) is 0 Å². The lowest BCUT2D eigenvalue weighted by molar-refractivity contribution is 0.0736. The molecule has 17 heavy (non-hydrogen) atoms. The zero-order chi connectivity index (χ0) is 11.8. The molecule has 1 aliphatic rings. The summed E-state index contributed by atoms with van der Waals surface area (Å²) in [6.07, 6.45) is 0. The number of hydrogen-bond donors (Lipinski definition) is 0. The topological polar surface area (TPSA) is 35.5 Å². The number of carbonyl (C=O) groups is 1. The minimum absolute atomic E-state index is 0.381. The molecule has 84 valence electrons. The van der Waals surface area contributed by atoms with Crippen molar-refractivity contribution >= 4 is 5.97 Å². The smallest absolute Gasteiger partial charge is 0.347 e. The fraction of sp³-hybridized carbons (Fsp3) is 0.0714. The van der Waals surface area contributed by atoms with Gasteiger partial charge in [-0.15, -0.1) is 0 Å². The van der Waals surface area contributed by atoms with E-state index in [0.717, 1.165) is 5.56 Å². The van der Waals surface area contributed by atoms with E-state index in [0.29, 0.717) is 22.8 Å². The average Bonchev–Trinajstić information content (AvgIpc) is 2.47. The number of esters is 1. The van der Waals surface area contributed by atoms with E-state index < -0.39 is 0 Å². The molecular weight excluding hydrogens is 216 g/mol. The highest BCUT2D eigenvalue weighted by atomic mass is 16.6. The molecule has 0 fully saturated rings. The first-order valence-electron chi connectivity index (χ1n) is 5.34. The molecule has 0 bridgehead atoms. The van der Waals surface area contributed by atoms with Crippen molar-refractivity contribution in [2.75, 3.05) is 0 Å². The second-order valence-corrected chi connectivity index (χ2v) is 3.89. The number of fused-ring (bicyclic) bond motifs is 2. The molecule has 2 aromatic rings. The molecule has 3 heteroatoms. The van der Waals surface area contributed by atoms with Gasteiger partial charge in [0.05, 0.1) is 0 Å². The number of carbonyl (C=O) groups excluding carboxylic acids is 1. The summed E-state index contributed by atoms with van der Waals surface area (Å²) in [6.45, 7) is 1.88. The summed E-state index contributed by atoms with van der Waals surface area (Å²) in [5.41, 5.74) is 1.33. The molecule has 0 atom stereocenters. The summed E-state index contributed by atoms with van der Waals surface area (Å²) >= 11 is 0. The predicted octanol–water partition coefficient (Wildman–Crippen LogP) is 3.32. The second kappa shape index (κ2) is 3.63. The molecule has 0 unspecified atom stereocenters. The molecule has 0 radical (unpaired) electrons. The quantitative estimate of drug-likeness (QED) is 0.510. The Morgan fingerprint density at radius 3 is 2.53 bits per heavy atom. The van der Waals surface area contributed by atoms with Gasteiger partial charge in [0, 0.05) is 0 Å². The maximum atomic E-state index is 11.9. The molecule has 0 N–H and O–H groups in total. The Labute approximate surface area is 98.6 Å². The van der Waals surface area contributed by atoms with Crippen LogP contribution >= 0.6 is 0 Å². The third kappa shape index (κ3) is 1.56. The average molecular weight is 226 g/mol. The lowest BCUT2D eigenvalue weighted by Gasteiger charge is -2.07. The van der Waals surface area contributed by atoms with Gasteiger partial charge in [-0.05, 0) is 30.7 Å². The van der Waals surface area contributed by atoms with E-state index in [2.05, 4.69) is 0 Å². The van der Waals surface area contributed by atoms with Crippen LogP contribution in [0.2, 0.25) is 0 Å². The zero-order valence-electron chi connectivity index (χ0n) is 9.27. The van der Waals surface area contributed by atoms with Gasteiger partial charge in [-0.2, -0.15) is 0 Å². The third-order valence-corrected chi connectivity index (χ3v) is 2.70. The Balaban J connectivity index is 2.20. The first-order valence-corrected chi connectivity index (χ1v) is 5.34. The second-order valence-electron chi connectivity index (χ2n) is 3.89. The van der Waals surface area contributed by atoms with E-state index in [4.69, 9.17) is 9.47 Å². The Bertz CT molecular complexity index is 602. The van der Waals surface area contributed by atoms with Crippen molar-refractivity contribution in [3.05, 3.63) is 53.6 Å². The van der Waals surface area contributed by atoms with Gasteiger partial charge in [-0.3, -0.25) is 0 Å². The first kappa shape index (κ1) is 9.90. The van der Waals surface area contributed by atoms with Crippen LogP contribution in [0.1, 0.15) is 15.9 Å². The predicted molar refractivity (Wildman–Crippen MR) is 62.7 cm³/mol. The Hall–Kier alpha value is -2.29. The fourth-order valence-corrected chi connectivity index (χ4v) is 1.83. The molecule has 0 saturated carbocycles. The van der Waals surface area contributed by atoms with Crippen LogP contribution in [-0.4, -0.2) is 5.97 Å². The van der Waals surface area contributed by atoms with E-state index >= 15 is 0 Å². The summed E-state index contributed by atoms with van der Waals surface area (Å²) in [5.74, 6) is 1.22. The van der Waals surface area contributed by atoms with E-state index in [9.17, 15) is 4.79 Å². The van der Waals surface area contributed by atoms with Crippen LogP contribution in [0.5, 0.6) is 17.2 Å². The van der Waals surface area contributed by atoms with Crippen molar-refractivity contribution in [2.45, 2.75) is 6.92 Å². The minimum Gasteiger partial charge on any atom is -0.453 e. The maximum Gasteiger partial charge on any atom is 0.347 e. The molecule has 3 rings (SSSR count). The molecule has 2 aromatic carbocycles. The van der Waals surface area contributed by atoms with Crippen molar-refractivity contribution in [2.24, 2.45) is 0 Å². The summed E-state index contributed by atoms with van der Waals surface area (Å²) < 4.78 is 11.1. The molecule has 0 saturated heterocycles. The zero-order valence-corrected chi connectivity index (χ0v) is 9.27. The molecule has 0 aromatic heterocycles. The van der Waals surface area contributed by atoms with Gasteiger partial charge >= 0.3 is 5.97 Å². The van der Waals surface area contributed by atoms with Crippen LogP contribution < -0.4 is 9.47 Å². The van der Waals surface area contributed by atoms with Gasteiger partial charge in [-0.1, -0.05) is 24.3 Å². The fourth-order valence-electron chi connectivity index (χ4n) is 1.83. The summed E-state index contributed by atoms with van der Waals surface area (Å²) in [6, 6.07) is 12.6. The normalized spacial score (nSPS) is 12.9. The number of para-hydroxylation sites is 2. The van der Waals surface area contributed by atoms with Crippen molar-refractivity contribution in [3.8, 4) is 17.2 Å². The van der Waals surface area contributed by atoms with E-state index in [1.54, 1.807) is 24.3 Å². The van der Waals surface area contributed by atoms with Crippen LogP contribution in [0, 0.1) is 6.92 Å². The maximum absolute atomic E-state index is 11.9. The third-order valence-electron chi connectivity index (χ3n) is 2.70. The van der Waals surface area contributed by atoms with E-state index in [-0.39, 0.29) is 5.97 Å². The van der Waals surface area contributed by atoms with Crippen LogP contribution in [0.3, 0.4) is 0 Å². The molecule has 1 aliphatic heterocycles. The number of hydrogen-bond acceptors (Lipinski definition) is 3. The van der Waals surface area contributed by atoms with Crippen LogP contribution in [0.15, 0.2) is 42.5 Å². The Morgan fingerprint density at radius 1 is 0.882 bits per heavy atom. The summed E-state index contributed by atoms with van der Waals surface area (Å²) in [7, 11) is 0. The summed E-state index contributed by atoms with van der Waals surface area (Å²) in [5, 5.41) is 0. The molecule has 1 heterocycles. The first-order chi connectivity index (χ1) is 8.25. The molecule has 0 amide bonds. The van der Waals surface area contributed by atoms with Crippen molar-refractivity contribution in [1.82, 2.24) is 0 Å². The standard InChI is InChI=1S/C14H10O3/c1-9-5-4-8-12-13(9)17-14(15)10-6-2-3-7-11(10)16-12/h2-8H,1H3. The van der Waals surface area contributed by atoms with Crippen molar-refractivity contribution in [3.63, 3.8) is 0 Å². The number of ether oxygens (including phenoxy) is 2. The molecule has 3 nitrogen and oxygen atoms in total.